The summed E-state index contributed by atoms with van der Waals surface area (Å²) in [7, 11) is 1.96. The van der Waals surface area contributed by atoms with Crippen molar-refractivity contribution in [3.05, 3.63) is 36.5 Å². The van der Waals surface area contributed by atoms with E-state index in [9.17, 15) is 10.1 Å². The van der Waals surface area contributed by atoms with Crippen LogP contribution in [0.3, 0.4) is 0 Å². The Morgan fingerprint density at radius 2 is 2.00 bits per heavy atom. The minimum atomic E-state index is -0.693. The summed E-state index contributed by atoms with van der Waals surface area (Å²) in [5.74, 6) is -0.0947. The van der Waals surface area contributed by atoms with Gasteiger partial charge in [0.05, 0.1) is 23.2 Å². The van der Waals surface area contributed by atoms with Gasteiger partial charge in [0.2, 0.25) is 5.91 Å². The van der Waals surface area contributed by atoms with E-state index in [0.717, 1.165) is 48.5 Å². The number of rotatable bonds is 5. The molecule has 1 aromatic heterocycles. The molecule has 1 fully saturated rings. The van der Waals surface area contributed by atoms with Crippen LogP contribution in [0.5, 0.6) is 0 Å². The molecule has 136 valence electrons. The van der Waals surface area contributed by atoms with Gasteiger partial charge in [-0.2, -0.15) is 5.26 Å². The van der Waals surface area contributed by atoms with Gasteiger partial charge in [0.25, 0.3) is 0 Å². The van der Waals surface area contributed by atoms with Gasteiger partial charge in [-0.25, -0.2) is 4.98 Å². The van der Waals surface area contributed by atoms with Gasteiger partial charge in [0, 0.05) is 7.05 Å². The van der Waals surface area contributed by atoms with Crippen LogP contribution in [0.15, 0.2) is 41.7 Å². The SMILES string of the molecule is C[C@H](Sc1ncc(-c2ccccc2)n1C)C(=O)NC1(C#N)CCCCC1. The number of carbonyl (C=O) groups is 1. The third-order valence-corrected chi connectivity index (χ3v) is 6.11. The molecule has 1 saturated carbocycles. The number of nitrogens with one attached hydrogen (secondary N) is 1. The van der Waals surface area contributed by atoms with Crippen molar-refractivity contribution >= 4 is 17.7 Å². The van der Waals surface area contributed by atoms with Gasteiger partial charge in [0.1, 0.15) is 5.54 Å². The largest absolute Gasteiger partial charge is 0.337 e. The molecule has 0 aliphatic heterocycles. The number of benzene rings is 1. The van der Waals surface area contributed by atoms with Crippen molar-refractivity contribution in [2.24, 2.45) is 7.05 Å². The first-order valence-corrected chi connectivity index (χ1v) is 9.90. The summed E-state index contributed by atoms with van der Waals surface area (Å²) in [4.78, 5) is 17.1. The predicted molar refractivity (Wildman–Crippen MR) is 104 cm³/mol. The molecule has 0 spiro atoms. The summed E-state index contributed by atoms with van der Waals surface area (Å²) < 4.78 is 2.00. The molecule has 1 heterocycles. The summed E-state index contributed by atoms with van der Waals surface area (Å²) in [6.07, 6.45) is 6.45. The summed E-state index contributed by atoms with van der Waals surface area (Å²) in [5.41, 5.74) is 1.42. The number of hydrogen-bond acceptors (Lipinski definition) is 4. The van der Waals surface area contributed by atoms with E-state index in [1.807, 2.05) is 55.1 Å². The first-order valence-electron chi connectivity index (χ1n) is 9.02. The topological polar surface area (TPSA) is 70.7 Å². The molecule has 0 bridgehead atoms. The Morgan fingerprint density at radius 1 is 1.31 bits per heavy atom. The zero-order valence-corrected chi connectivity index (χ0v) is 16.1. The lowest BCUT2D eigenvalue weighted by atomic mass is 9.83. The second-order valence-corrected chi connectivity index (χ2v) is 8.16. The molecule has 6 heteroatoms. The zero-order chi connectivity index (χ0) is 18.6. The van der Waals surface area contributed by atoms with Crippen molar-refractivity contribution < 1.29 is 4.79 Å². The number of thioether (sulfide) groups is 1. The van der Waals surface area contributed by atoms with Gasteiger partial charge in [0.15, 0.2) is 5.16 Å². The third kappa shape index (κ3) is 3.94. The first kappa shape index (κ1) is 18.5. The second-order valence-electron chi connectivity index (χ2n) is 6.85. The highest BCUT2D eigenvalue weighted by atomic mass is 32.2. The second kappa shape index (κ2) is 7.96. The summed E-state index contributed by atoms with van der Waals surface area (Å²) in [6.45, 7) is 1.87. The number of hydrogen-bond donors (Lipinski definition) is 1. The lowest BCUT2D eigenvalue weighted by molar-refractivity contribution is -0.121. The van der Waals surface area contributed by atoms with Crippen LogP contribution >= 0.6 is 11.8 Å². The highest BCUT2D eigenvalue weighted by Gasteiger charge is 2.35. The van der Waals surface area contributed by atoms with Crippen molar-refractivity contribution in [1.82, 2.24) is 14.9 Å². The Balaban J connectivity index is 1.68. The Labute approximate surface area is 158 Å². The van der Waals surface area contributed by atoms with Crippen molar-refractivity contribution in [3.8, 4) is 17.3 Å². The Kier molecular flexibility index (Phi) is 5.67. The Hall–Kier alpha value is -2.26. The van der Waals surface area contributed by atoms with Crippen LogP contribution in [0.2, 0.25) is 0 Å². The van der Waals surface area contributed by atoms with E-state index in [4.69, 9.17) is 0 Å². The molecule has 0 radical (unpaired) electrons. The molecule has 5 nitrogen and oxygen atoms in total. The molecule has 0 unspecified atom stereocenters. The minimum absolute atomic E-state index is 0.0947. The third-order valence-electron chi connectivity index (χ3n) is 4.95. The lowest BCUT2D eigenvalue weighted by Gasteiger charge is -2.32. The number of nitrogens with zero attached hydrogens (tertiary/aromatic N) is 3. The first-order chi connectivity index (χ1) is 12.5. The molecule has 1 aliphatic carbocycles. The molecule has 0 saturated heterocycles. The number of imidazole rings is 1. The molecule has 1 aliphatic rings. The highest BCUT2D eigenvalue weighted by molar-refractivity contribution is 8.00. The normalized spacial score (nSPS) is 17.3. The number of aromatic nitrogens is 2. The minimum Gasteiger partial charge on any atom is -0.337 e. The van der Waals surface area contributed by atoms with Crippen LogP contribution < -0.4 is 5.32 Å². The molecule has 1 atom stereocenters. The fourth-order valence-electron chi connectivity index (χ4n) is 3.35. The molecule has 1 amide bonds. The van der Waals surface area contributed by atoms with Gasteiger partial charge in [-0.05, 0) is 25.3 Å². The van der Waals surface area contributed by atoms with Gasteiger partial charge >= 0.3 is 0 Å². The smallest absolute Gasteiger partial charge is 0.234 e. The van der Waals surface area contributed by atoms with Gasteiger partial charge in [-0.15, -0.1) is 0 Å². The molecule has 26 heavy (non-hydrogen) atoms. The number of nitriles is 1. The Bertz CT molecular complexity index is 803. The molecular weight excluding hydrogens is 344 g/mol. The maximum atomic E-state index is 12.6. The van der Waals surface area contributed by atoms with E-state index in [0.29, 0.717) is 0 Å². The summed E-state index contributed by atoms with van der Waals surface area (Å²) in [5, 5.41) is 13.0. The van der Waals surface area contributed by atoms with Crippen molar-refractivity contribution in [2.75, 3.05) is 0 Å². The maximum Gasteiger partial charge on any atom is 0.234 e. The molecule has 2 aromatic rings. The summed E-state index contributed by atoms with van der Waals surface area (Å²) >= 11 is 1.42. The van der Waals surface area contributed by atoms with E-state index >= 15 is 0 Å². The van der Waals surface area contributed by atoms with Gasteiger partial charge < -0.3 is 9.88 Å². The predicted octanol–water partition coefficient (Wildman–Crippen LogP) is 3.91. The molecule has 1 N–H and O–H groups in total. The fourth-order valence-corrected chi connectivity index (χ4v) is 4.20. The summed E-state index contributed by atoms with van der Waals surface area (Å²) in [6, 6.07) is 12.4. The van der Waals surface area contributed by atoms with E-state index in [1.165, 1.54) is 11.8 Å². The standard InChI is InChI=1S/C20H24N4OS/c1-15(18(25)23-20(14-21)11-7-4-8-12-20)26-19-22-13-17(24(19)2)16-9-5-3-6-10-16/h3,5-6,9-10,13,15H,4,7-8,11-12H2,1-2H3,(H,23,25)/t15-/m0/s1. The van der Waals surface area contributed by atoms with Gasteiger partial charge in [-0.1, -0.05) is 61.4 Å². The number of amides is 1. The van der Waals surface area contributed by atoms with Crippen LogP contribution in [0.1, 0.15) is 39.0 Å². The average Bonchev–Trinajstić information content (AvgIpc) is 3.03. The van der Waals surface area contributed by atoms with Crippen LogP contribution in [-0.4, -0.2) is 26.2 Å². The zero-order valence-electron chi connectivity index (χ0n) is 15.2. The van der Waals surface area contributed by atoms with Crippen LogP contribution in [0, 0.1) is 11.3 Å². The van der Waals surface area contributed by atoms with Crippen molar-refractivity contribution in [3.63, 3.8) is 0 Å². The molecule has 3 rings (SSSR count). The molecular formula is C20H24N4OS. The van der Waals surface area contributed by atoms with E-state index in [-0.39, 0.29) is 11.2 Å². The van der Waals surface area contributed by atoms with Crippen LogP contribution in [0.25, 0.3) is 11.3 Å². The highest BCUT2D eigenvalue weighted by Crippen LogP contribution is 2.30. The van der Waals surface area contributed by atoms with Crippen molar-refractivity contribution in [1.29, 1.82) is 5.26 Å². The van der Waals surface area contributed by atoms with Crippen LogP contribution in [-0.2, 0) is 11.8 Å². The quantitative estimate of drug-likeness (QED) is 0.812. The monoisotopic (exact) mass is 368 g/mol. The Morgan fingerprint density at radius 3 is 2.65 bits per heavy atom. The van der Waals surface area contributed by atoms with Gasteiger partial charge in [-0.3, -0.25) is 4.79 Å². The van der Waals surface area contributed by atoms with E-state index < -0.39 is 5.54 Å². The van der Waals surface area contributed by atoms with Crippen molar-refractivity contribution in [2.45, 2.75) is 55.0 Å². The maximum absolute atomic E-state index is 12.6. The van der Waals surface area contributed by atoms with E-state index in [1.54, 1.807) is 0 Å². The van der Waals surface area contributed by atoms with E-state index in [2.05, 4.69) is 16.4 Å². The van der Waals surface area contributed by atoms with Crippen LogP contribution in [0.4, 0.5) is 0 Å². The fraction of sp³-hybridized carbons (Fsp3) is 0.450. The number of carbonyl (C=O) groups excluding carboxylic acids is 1. The lowest BCUT2D eigenvalue weighted by Crippen LogP contribution is -2.50. The molecule has 1 aromatic carbocycles. The average molecular weight is 369 g/mol.